The van der Waals surface area contributed by atoms with Gasteiger partial charge in [-0.15, -0.1) is 0 Å². The minimum Gasteiger partial charge on any atom is -0.382 e. The Balaban J connectivity index is 2.48. The molecule has 1 aromatic heterocycles. The Bertz CT molecular complexity index is 922. The molecule has 0 saturated heterocycles. The SMILES string of the molecule is CCOCCCNC(=O)[C@@H](C)n1c(=O)c(C(F)(F)F)nc2cc(C)c(C)cc21. The van der Waals surface area contributed by atoms with E-state index < -0.39 is 29.4 Å². The number of aryl methyl sites for hydroxylation is 2. The van der Waals surface area contributed by atoms with Crippen molar-refractivity contribution in [3.8, 4) is 0 Å². The highest BCUT2D eigenvalue weighted by Gasteiger charge is 2.38. The third-order valence-corrected chi connectivity index (χ3v) is 4.51. The average Bonchev–Trinajstić information content (AvgIpc) is 2.61. The summed E-state index contributed by atoms with van der Waals surface area (Å²) in [4.78, 5) is 28.6. The summed E-state index contributed by atoms with van der Waals surface area (Å²) in [5.74, 6) is -0.544. The van der Waals surface area contributed by atoms with Gasteiger partial charge in [0.15, 0.2) is 0 Å². The maximum Gasteiger partial charge on any atom is 0.438 e. The monoisotopic (exact) mass is 399 g/mol. The first kappa shape index (κ1) is 21.9. The van der Waals surface area contributed by atoms with Crippen LogP contribution in [0.1, 0.15) is 43.1 Å². The molecule has 0 aliphatic carbocycles. The topological polar surface area (TPSA) is 73.2 Å². The Morgan fingerprint density at radius 1 is 1.29 bits per heavy atom. The van der Waals surface area contributed by atoms with Crippen LogP contribution in [0.2, 0.25) is 0 Å². The number of carbonyl (C=O) groups is 1. The number of aromatic nitrogens is 2. The fraction of sp³-hybridized carbons (Fsp3) is 0.526. The maximum absolute atomic E-state index is 13.3. The van der Waals surface area contributed by atoms with Crippen LogP contribution in [0.25, 0.3) is 11.0 Å². The van der Waals surface area contributed by atoms with E-state index in [-0.39, 0.29) is 11.0 Å². The Labute approximate surface area is 160 Å². The molecule has 0 radical (unpaired) electrons. The molecule has 1 heterocycles. The van der Waals surface area contributed by atoms with Crippen LogP contribution in [0.15, 0.2) is 16.9 Å². The lowest BCUT2D eigenvalue weighted by molar-refractivity contribution is -0.142. The Morgan fingerprint density at radius 2 is 1.93 bits per heavy atom. The minimum absolute atomic E-state index is 0.0195. The molecule has 1 N–H and O–H groups in total. The molecule has 1 atom stereocenters. The van der Waals surface area contributed by atoms with Crippen molar-refractivity contribution in [3.05, 3.63) is 39.3 Å². The number of benzene rings is 1. The maximum atomic E-state index is 13.3. The standard InChI is InChI=1S/C19H24F3N3O3/c1-5-28-8-6-7-23-17(26)13(4)25-15-10-12(3)11(2)9-14(15)24-16(18(25)27)19(20,21)22/h9-10,13H,5-8H2,1-4H3,(H,23,26)/t13-/m1/s1. The molecular weight excluding hydrogens is 375 g/mol. The van der Waals surface area contributed by atoms with Crippen LogP contribution in [-0.2, 0) is 15.7 Å². The number of nitrogens with zero attached hydrogens (tertiary/aromatic N) is 2. The fourth-order valence-electron chi connectivity index (χ4n) is 2.82. The number of alkyl halides is 3. The van der Waals surface area contributed by atoms with Crippen LogP contribution in [0.5, 0.6) is 0 Å². The molecule has 0 saturated carbocycles. The van der Waals surface area contributed by atoms with Crippen molar-refractivity contribution in [1.29, 1.82) is 0 Å². The van der Waals surface area contributed by atoms with E-state index >= 15 is 0 Å². The summed E-state index contributed by atoms with van der Waals surface area (Å²) in [6, 6.07) is 1.94. The first-order valence-electron chi connectivity index (χ1n) is 9.04. The highest BCUT2D eigenvalue weighted by Crippen LogP contribution is 2.28. The number of nitrogens with one attached hydrogen (secondary N) is 1. The lowest BCUT2D eigenvalue weighted by Gasteiger charge is -2.20. The summed E-state index contributed by atoms with van der Waals surface area (Å²) < 4.78 is 46.0. The highest BCUT2D eigenvalue weighted by atomic mass is 19.4. The first-order valence-corrected chi connectivity index (χ1v) is 9.04. The third-order valence-electron chi connectivity index (χ3n) is 4.51. The number of carbonyl (C=O) groups excluding carboxylic acids is 1. The number of hydrogen-bond donors (Lipinski definition) is 1. The molecule has 2 aromatic rings. The molecule has 9 heteroatoms. The van der Waals surface area contributed by atoms with Gasteiger partial charge in [0.25, 0.3) is 5.56 Å². The smallest absolute Gasteiger partial charge is 0.382 e. The summed E-state index contributed by atoms with van der Waals surface area (Å²) in [6.07, 6.45) is -4.36. The molecule has 0 unspecified atom stereocenters. The fourth-order valence-corrected chi connectivity index (χ4v) is 2.82. The molecule has 0 fully saturated rings. The van der Waals surface area contributed by atoms with E-state index in [1.54, 1.807) is 19.9 Å². The molecule has 0 aliphatic rings. The van der Waals surface area contributed by atoms with Crippen molar-refractivity contribution in [3.63, 3.8) is 0 Å². The Morgan fingerprint density at radius 3 is 2.54 bits per heavy atom. The second-order valence-electron chi connectivity index (χ2n) is 6.58. The van der Waals surface area contributed by atoms with Crippen LogP contribution in [-0.4, -0.2) is 35.2 Å². The highest BCUT2D eigenvalue weighted by molar-refractivity contribution is 5.84. The van der Waals surface area contributed by atoms with Gasteiger partial charge in [-0.2, -0.15) is 13.2 Å². The predicted molar refractivity (Wildman–Crippen MR) is 99.3 cm³/mol. The zero-order valence-electron chi connectivity index (χ0n) is 16.3. The largest absolute Gasteiger partial charge is 0.438 e. The van der Waals surface area contributed by atoms with E-state index in [9.17, 15) is 22.8 Å². The zero-order chi connectivity index (χ0) is 21.1. The van der Waals surface area contributed by atoms with Crippen molar-refractivity contribution in [2.45, 2.75) is 46.3 Å². The molecule has 1 aromatic carbocycles. The Hall–Kier alpha value is -2.42. The van der Waals surface area contributed by atoms with E-state index in [1.807, 2.05) is 6.92 Å². The van der Waals surface area contributed by atoms with Gasteiger partial charge in [0.1, 0.15) is 6.04 Å². The minimum atomic E-state index is -4.92. The summed E-state index contributed by atoms with van der Waals surface area (Å²) >= 11 is 0. The summed E-state index contributed by atoms with van der Waals surface area (Å²) in [5.41, 5.74) is -1.12. The van der Waals surface area contributed by atoms with Gasteiger partial charge in [0, 0.05) is 19.8 Å². The van der Waals surface area contributed by atoms with Crippen molar-refractivity contribution in [2.24, 2.45) is 0 Å². The van der Waals surface area contributed by atoms with Crippen LogP contribution in [0, 0.1) is 13.8 Å². The number of rotatable bonds is 7. The van der Waals surface area contributed by atoms with Crippen LogP contribution in [0.3, 0.4) is 0 Å². The van der Waals surface area contributed by atoms with Gasteiger partial charge >= 0.3 is 6.18 Å². The molecule has 0 spiro atoms. The van der Waals surface area contributed by atoms with E-state index in [0.717, 1.165) is 15.7 Å². The number of ether oxygens (including phenoxy) is 1. The lowest BCUT2D eigenvalue weighted by atomic mass is 10.1. The molecule has 0 bridgehead atoms. The van der Waals surface area contributed by atoms with Gasteiger partial charge in [0.05, 0.1) is 11.0 Å². The van der Waals surface area contributed by atoms with Gasteiger partial charge in [-0.1, -0.05) is 0 Å². The van der Waals surface area contributed by atoms with Gasteiger partial charge in [0.2, 0.25) is 11.6 Å². The van der Waals surface area contributed by atoms with Crippen molar-refractivity contribution < 1.29 is 22.7 Å². The van der Waals surface area contributed by atoms with E-state index in [4.69, 9.17) is 4.74 Å². The summed E-state index contributed by atoms with van der Waals surface area (Å²) in [5, 5.41) is 2.64. The van der Waals surface area contributed by atoms with E-state index in [1.165, 1.54) is 13.0 Å². The average molecular weight is 399 g/mol. The molecule has 1 amide bonds. The van der Waals surface area contributed by atoms with Gasteiger partial charge in [-0.05, 0) is 57.4 Å². The summed E-state index contributed by atoms with van der Waals surface area (Å²) in [7, 11) is 0. The second-order valence-corrected chi connectivity index (χ2v) is 6.58. The van der Waals surface area contributed by atoms with Crippen molar-refractivity contribution in [1.82, 2.24) is 14.9 Å². The van der Waals surface area contributed by atoms with Crippen LogP contribution < -0.4 is 10.9 Å². The predicted octanol–water partition coefficient (Wildman–Crippen LogP) is 3.14. The molecule has 154 valence electrons. The van der Waals surface area contributed by atoms with Crippen LogP contribution in [0.4, 0.5) is 13.2 Å². The van der Waals surface area contributed by atoms with Crippen molar-refractivity contribution >= 4 is 16.9 Å². The number of halogens is 3. The Kier molecular flexibility index (Phi) is 6.82. The summed E-state index contributed by atoms with van der Waals surface area (Å²) in [6.45, 7) is 8.08. The second kappa shape index (κ2) is 8.72. The van der Waals surface area contributed by atoms with Gasteiger partial charge < -0.3 is 10.1 Å². The third kappa shape index (κ3) is 4.70. The number of fused-ring (bicyclic) bond motifs is 1. The van der Waals surface area contributed by atoms with E-state index in [0.29, 0.717) is 26.2 Å². The molecule has 2 rings (SSSR count). The van der Waals surface area contributed by atoms with E-state index in [2.05, 4.69) is 10.3 Å². The number of hydrogen-bond acceptors (Lipinski definition) is 4. The quantitative estimate of drug-likeness (QED) is 0.726. The van der Waals surface area contributed by atoms with Gasteiger partial charge in [-0.3, -0.25) is 14.2 Å². The first-order chi connectivity index (χ1) is 13.1. The van der Waals surface area contributed by atoms with Crippen molar-refractivity contribution in [2.75, 3.05) is 19.8 Å². The van der Waals surface area contributed by atoms with Gasteiger partial charge in [-0.25, -0.2) is 4.98 Å². The molecule has 0 aliphatic heterocycles. The zero-order valence-corrected chi connectivity index (χ0v) is 16.3. The van der Waals surface area contributed by atoms with Crippen LogP contribution >= 0.6 is 0 Å². The molecule has 28 heavy (non-hydrogen) atoms. The molecular formula is C19H24F3N3O3. The number of amides is 1. The lowest BCUT2D eigenvalue weighted by Crippen LogP contribution is -2.39. The normalized spacial score (nSPS) is 13.0. The molecule has 6 nitrogen and oxygen atoms in total.